The Labute approximate surface area is 146 Å². The van der Waals surface area contributed by atoms with Crippen molar-refractivity contribution in [2.24, 2.45) is 0 Å². The monoisotopic (exact) mass is 336 g/mol. The molecule has 0 aliphatic carbocycles. The van der Waals surface area contributed by atoms with E-state index in [0.717, 1.165) is 17.6 Å². The van der Waals surface area contributed by atoms with Crippen molar-refractivity contribution in [3.63, 3.8) is 0 Å². The summed E-state index contributed by atoms with van der Waals surface area (Å²) in [5.41, 5.74) is 1.44. The smallest absolute Gasteiger partial charge is 0.340 e. The van der Waals surface area contributed by atoms with Gasteiger partial charge in [0.2, 0.25) is 0 Å². The van der Waals surface area contributed by atoms with Crippen molar-refractivity contribution < 1.29 is 19.4 Å². The lowest BCUT2D eigenvalue weighted by Crippen LogP contribution is -2.11. The number of ether oxygens (including phenoxy) is 2. The van der Waals surface area contributed by atoms with E-state index in [-0.39, 0.29) is 12.2 Å². The second kappa shape index (κ2) is 7.71. The van der Waals surface area contributed by atoms with Crippen LogP contribution in [0.4, 0.5) is 0 Å². The van der Waals surface area contributed by atoms with E-state index in [1.165, 1.54) is 5.56 Å². The molecule has 0 saturated heterocycles. The predicted molar refractivity (Wildman–Crippen MR) is 97.7 cm³/mol. The summed E-state index contributed by atoms with van der Waals surface area (Å²) in [5.74, 6) is 0.136. The summed E-state index contributed by atoms with van der Waals surface area (Å²) in [6.45, 7) is 2.72. The van der Waals surface area contributed by atoms with Crippen molar-refractivity contribution >= 4 is 16.7 Å². The summed E-state index contributed by atoms with van der Waals surface area (Å²) >= 11 is 0. The second-order valence-corrected chi connectivity index (χ2v) is 5.66. The average molecular weight is 336 g/mol. The molecule has 0 aromatic heterocycles. The third-order valence-corrected chi connectivity index (χ3v) is 4.05. The minimum atomic E-state index is -0.997. The van der Waals surface area contributed by atoms with E-state index in [0.29, 0.717) is 17.7 Å². The van der Waals surface area contributed by atoms with E-state index in [9.17, 15) is 9.90 Å². The SMILES string of the molecule is CCc1ccc(OCCOc2ccc3ccccc3c2C(=O)O)cc1. The first-order valence-electron chi connectivity index (χ1n) is 8.28. The molecule has 0 saturated carbocycles. The normalized spacial score (nSPS) is 10.6. The number of aromatic carboxylic acids is 1. The van der Waals surface area contributed by atoms with Gasteiger partial charge in [-0.15, -0.1) is 0 Å². The molecule has 3 rings (SSSR count). The highest BCUT2D eigenvalue weighted by molar-refractivity contribution is 6.06. The molecular weight excluding hydrogens is 316 g/mol. The number of carboxylic acids is 1. The van der Waals surface area contributed by atoms with Crippen molar-refractivity contribution in [1.82, 2.24) is 0 Å². The predicted octanol–water partition coefficient (Wildman–Crippen LogP) is 4.56. The molecule has 0 radical (unpaired) electrons. The van der Waals surface area contributed by atoms with Crippen LogP contribution in [0.5, 0.6) is 11.5 Å². The van der Waals surface area contributed by atoms with Gasteiger partial charge in [-0.05, 0) is 41.0 Å². The third kappa shape index (κ3) is 3.91. The van der Waals surface area contributed by atoms with Crippen LogP contribution in [0.25, 0.3) is 10.8 Å². The first-order valence-corrected chi connectivity index (χ1v) is 8.28. The summed E-state index contributed by atoms with van der Waals surface area (Å²) in [4.78, 5) is 11.6. The second-order valence-electron chi connectivity index (χ2n) is 5.66. The molecular formula is C21H20O4. The number of hydrogen-bond donors (Lipinski definition) is 1. The van der Waals surface area contributed by atoms with Crippen molar-refractivity contribution in [1.29, 1.82) is 0 Å². The van der Waals surface area contributed by atoms with Crippen LogP contribution in [0.3, 0.4) is 0 Å². The van der Waals surface area contributed by atoms with Gasteiger partial charge < -0.3 is 14.6 Å². The molecule has 1 N–H and O–H groups in total. The number of fused-ring (bicyclic) bond motifs is 1. The Kier molecular flexibility index (Phi) is 5.19. The molecule has 0 aliphatic heterocycles. The fourth-order valence-electron chi connectivity index (χ4n) is 2.72. The van der Waals surface area contributed by atoms with E-state index < -0.39 is 5.97 Å². The molecule has 0 bridgehead atoms. The lowest BCUT2D eigenvalue weighted by Gasteiger charge is -2.12. The van der Waals surface area contributed by atoms with Gasteiger partial charge in [0.1, 0.15) is 30.3 Å². The lowest BCUT2D eigenvalue weighted by molar-refractivity contribution is 0.0693. The third-order valence-electron chi connectivity index (χ3n) is 4.05. The minimum absolute atomic E-state index is 0.186. The van der Waals surface area contributed by atoms with E-state index in [4.69, 9.17) is 9.47 Å². The van der Waals surface area contributed by atoms with Gasteiger partial charge in [-0.1, -0.05) is 49.4 Å². The van der Waals surface area contributed by atoms with Crippen molar-refractivity contribution in [3.8, 4) is 11.5 Å². The quantitative estimate of drug-likeness (QED) is 0.643. The molecule has 4 nitrogen and oxygen atoms in total. The summed E-state index contributed by atoms with van der Waals surface area (Å²) in [7, 11) is 0. The molecule has 0 heterocycles. The summed E-state index contributed by atoms with van der Waals surface area (Å²) in [6, 6.07) is 18.8. The van der Waals surface area contributed by atoms with Gasteiger partial charge in [0, 0.05) is 0 Å². The molecule has 3 aromatic carbocycles. The topological polar surface area (TPSA) is 55.8 Å². The highest BCUT2D eigenvalue weighted by Gasteiger charge is 2.15. The molecule has 0 spiro atoms. The van der Waals surface area contributed by atoms with Crippen LogP contribution in [-0.2, 0) is 6.42 Å². The Morgan fingerprint density at radius 2 is 1.64 bits per heavy atom. The van der Waals surface area contributed by atoms with Gasteiger partial charge in [-0.3, -0.25) is 0 Å². The lowest BCUT2D eigenvalue weighted by atomic mass is 10.0. The zero-order valence-electron chi connectivity index (χ0n) is 14.1. The van der Waals surface area contributed by atoms with Crippen LogP contribution in [0.2, 0.25) is 0 Å². The van der Waals surface area contributed by atoms with E-state index in [2.05, 4.69) is 6.92 Å². The van der Waals surface area contributed by atoms with Gasteiger partial charge in [0.15, 0.2) is 0 Å². The first kappa shape index (κ1) is 16.8. The molecule has 4 heteroatoms. The van der Waals surface area contributed by atoms with Crippen molar-refractivity contribution in [2.45, 2.75) is 13.3 Å². The highest BCUT2D eigenvalue weighted by Crippen LogP contribution is 2.28. The number of carboxylic acid groups (broad SMARTS) is 1. The highest BCUT2D eigenvalue weighted by atomic mass is 16.5. The van der Waals surface area contributed by atoms with E-state index in [1.807, 2.05) is 48.5 Å². The van der Waals surface area contributed by atoms with Gasteiger partial charge >= 0.3 is 5.97 Å². The Hall–Kier alpha value is -3.01. The van der Waals surface area contributed by atoms with Crippen molar-refractivity contribution in [3.05, 3.63) is 71.8 Å². The van der Waals surface area contributed by atoms with Gasteiger partial charge in [0.05, 0.1) is 0 Å². The maximum atomic E-state index is 11.6. The Morgan fingerprint density at radius 1 is 0.920 bits per heavy atom. The van der Waals surface area contributed by atoms with Crippen molar-refractivity contribution in [2.75, 3.05) is 13.2 Å². The minimum Gasteiger partial charge on any atom is -0.490 e. The number of hydrogen-bond acceptors (Lipinski definition) is 3. The molecule has 0 amide bonds. The maximum absolute atomic E-state index is 11.6. The molecule has 25 heavy (non-hydrogen) atoms. The molecule has 0 fully saturated rings. The molecule has 0 atom stereocenters. The number of benzene rings is 3. The molecule has 128 valence electrons. The fourth-order valence-corrected chi connectivity index (χ4v) is 2.72. The first-order chi connectivity index (χ1) is 12.2. The van der Waals surface area contributed by atoms with Crippen LogP contribution >= 0.6 is 0 Å². The molecule has 0 aliphatic rings. The standard InChI is InChI=1S/C21H20O4/c1-2-15-7-10-17(11-8-15)24-13-14-25-19-12-9-16-5-3-4-6-18(16)20(19)21(22)23/h3-12H,2,13-14H2,1H3,(H,22,23). The maximum Gasteiger partial charge on any atom is 0.340 e. The van der Waals surface area contributed by atoms with Crippen LogP contribution in [0.1, 0.15) is 22.8 Å². The van der Waals surface area contributed by atoms with Crippen LogP contribution in [-0.4, -0.2) is 24.3 Å². The largest absolute Gasteiger partial charge is 0.490 e. The van der Waals surface area contributed by atoms with E-state index >= 15 is 0 Å². The zero-order chi connectivity index (χ0) is 17.6. The average Bonchev–Trinajstić information content (AvgIpc) is 2.65. The summed E-state index contributed by atoms with van der Waals surface area (Å²) in [6.07, 6.45) is 0.989. The zero-order valence-corrected chi connectivity index (χ0v) is 14.1. The summed E-state index contributed by atoms with van der Waals surface area (Å²) < 4.78 is 11.3. The summed E-state index contributed by atoms with van der Waals surface area (Å²) in [5, 5.41) is 11.1. The van der Waals surface area contributed by atoms with Gasteiger partial charge in [-0.25, -0.2) is 4.79 Å². The van der Waals surface area contributed by atoms with Crippen LogP contribution < -0.4 is 9.47 Å². The molecule has 0 unspecified atom stereocenters. The fraction of sp³-hybridized carbons (Fsp3) is 0.190. The van der Waals surface area contributed by atoms with Gasteiger partial charge in [0.25, 0.3) is 0 Å². The number of aryl methyl sites for hydroxylation is 1. The van der Waals surface area contributed by atoms with E-state index in [1.54, 1.807) is 12.1 Å². The Bertz CT molecular complexity index is 869. The molecule has 3 aromatic rings. The van der Waals surface area contributed by atoms with Crippen LogP contribution in [0.15, 0.2) is 60.7 Å². The number of rotatable bonds is 7. The Balaban J connectivity index is 1.66. The Morgan fingerprint density at radius 3 is 2.36 bits per heavy atom. The number of carbonyl (C=O) groups is 1. The van der Waals surface area contributed by atoms with Gasteiger partial charge in [-0.2, -0.15) is 0 Å². The van der Waals surface area contributed by atoms with Crippen LogP contribution in [0, 0.1) is 0 Å².